The van der Waals surface area contributed by atoms with Crippen LogP contribution in [0.5, 0.6) is 0 Å². The molecule has 2 atom stereocenters. The number of carbonyl (C=O) groups excluding carboxylic acids is 2. The molecule has 1 heterocycles. The molecule has 1 aliphatic heterocycles. The van der Waals surface area contributed by atoms with Crippen molar-refractivity contribution in [3.05, 3.63) is 0 Å². The molecule has 0 aromatic heterocycles. The van der Waals surface area contributed by atoms with Gasteiger partial charge in [-0.05, 0) is 19.8 Å². The molecule has 1 aliphatic rings. The molecule has 1 rings (SSSR count). The van der Waals surface area contributed by atoms with E-state index in [0.29, 0.717) is 32.2 Å². The van der Waals surface area contributed by atoms with Gasteiger partial charge < -0.3 is 15.7 Å². The standard InChI is InChI=1S/C10H18N2O3/c1-7(13)2-4-10(15)12-8-3-5-9(14)11-6-8/h7-8,13H,2-6H2,1H3,(H,11,14)(H,12,15). The third kappa shape index (κ3) is 4.78. The number of carbonyl (C=O) groups is 2. The number of rotatable bonds is 4. The quantitative estimate of drug-likeness (QED) is 0.592. The zero-order chi connectivity index (χ0) is 11.3. The van der Waals surface area contributed by atoms with E-state index in [-0.39, 0.29) is 17.9 Å². The highest BCUT2D eigenvalue weighted by Crippen LogP contribution is 2.03. The molecule has 0 bridgehead atoms. The number of hydrogen-bond acceptors (Lipinski definition) is 3. The average molecular weight is 214 g/mol. The highest BCUT2D eigenvalue weighted by Gasteiger charge is 2.19. The van der Waals surface area contributed by atoms with Crippen molar-refractivity contribution in [1.29, 1.82) is 0 Å². The molecule has 5 nitrogen and oxygen atoms in total. The molecule has 3 N–H and O–H groups in total. The lowest BCUT2D eigenvalue weighted by molar-refractivity contribution is -0.125. The molecule has 1 fully saturated rings. The van der Waals surface area contributed by atoms with Crippen LogP contribution in [0.15, 0.2) is 0 Å². The van der Waals surface area contributed by atoms with Crippen LogP contribution in [-0.4, -0.2) is 35.6 Å². The van der Waals surface area contributed by atoms with Gasteiger partial charge in [-0.25, -0.2) is 0 Å². The summed E-state index contributed by atoms with van der Waals surface area (Å²) in [7, 11) is 0. The Morgan fingerprint density at radius 2 is 2.47 bits per heavy atom. The fourth-order valence-electron chi connectivity index (χ4n) is 1.50. The lowest BCUT2D eigenvalue weighted by atomic mass is 10.1. The van der Waals surface area contributed by atoms with Gasteiger partial charge in [-0.3, -0.25) is 9.59 Å². The molecular weight excluding hydrogens is 196 g/mol. The van der Waals surface area contributed by atoms with Gasteiger partial charge in [0.15, 0.2) is 0 Å². The average Bonchev–Trinajstić information content (AvgIpc) is 2.19. The summed E-state index contributed by atoms with van der Waals surface area (Å²) in [5.41, 5.74) is 0. The second-order valence-electron chi connectivity index (χ2n) is 3.99. The smallest absolute Gasteiger partial charge is 0.220 e. The number of nitrogens with one attached hydrogen (secondary N) is 2. The lowest BCUT2D eigenvalue weighted by Gasteiger charge is -2.23. The highest BCUT2D eigenvalue weighted by molar-refractivity contribution is 5.78. The first-order chi connectivity index (χ1) is 7.08. The number of piperidine rings is 1. The van der Waals surface area contributed by atoms with E-state index in [4.69, 9.17) is 5.11 Å². The molecule has 0 saturated carbocycles. The molecule has 0 aromatic carbocycles. The summed E-state index contributed by atoms with van der Waals surface area (Å²) in [6.45, 7) is 2.17. The zero-order valence-corrected chi connectivity index (χ0v) is 8.95. The fraction of sp³-hybridized carbons (Fsp3) is 0.800. The summed E-state index contributed by atoms with van der Waals surface area (Å²) in [4.78, 5) is 22.2. The van der Waals surface area contributed by atoms with Crippen molar-refractivity contribution in [3.8, 4) is 0 Å². The first kappa shape index (κ1) is 12.0. The van der Waals surface area contributed by atoms with E-state index in [1.54, 1.807) is 6.92 Å². The first-order valence-electron chi connectivity index (χ1n) is 5.32. The van der Waals surface area contributed by atoms with Crippen LogP contribution in [0.2, 0.25) is 0 Å². The molecule has 5 heteroatoms. The van der Waals surface area contributed by atoms with Gasteiger partial charge in [0.1, 0.15) is 0 Å². The highest BCUT2D eigenvalue weighted by atomic mass is 16.3. The van der Waals surface area contributed by atoms with Crippen molar-refractivity contribution in [2.24, 2.45) is 0 Å². The Kier molecular flexibility index (Phi) is 4.55. The lowest BCUT2D eigenvalue weighted by Crippen LogP contribution is -2.47. The van der Waals surface area contributed by atoms with E-state index in [9.17, 15) is 9.59 Å². The Balaban J connectivity index is 2.17. The van der Waals surface area contributed by atoms with Gasteiger partial charge in [0.05, 0.1) is 6.10 Å². The molecule has 2 amide bonds. The third-order valence-corrected chi connectivity index (χ3v) is 2.42. The minimum Gasteiger partial charge on any atom is -0.393 e. The van der Waals surface area contributed by atoms with E-state index < -0.39 is 6.10 Å². The van der Waals surface area contributed by atoms with Crippen molar-refractivity contribution < 1.29 is 14.7 Å². The predicted octanol–water partition coefficient (Wildman–Crippen LogP) is -0.458. The maximum Gasteiger partial charge on any atom is 0.220 e. The van der Waals surface area contributed by atoms with Gasteiger partial charge in [0.2, 0.25) is 11.8 Å². The van der Waals surface area contributed by atoms with Crippen molar-refractivity contribution in [1.82, 2.24) is 10.6 Å². The summed E-state index contributed by atoms with van der Waals surface area (Å²) in [5, 5.41) is 14.5. The molecular formula is C10H18N2O3. The monoisotopic (exact) mass is 214 g/mol. The number of aliphatic hydroxyl groups excluding tert-OH is 1. The van der Waals surface area contributed by atoms with Crippen molar-refractivity contribution >= 4 is 11.8 Å². The van der Waals surface area contributed by atoms with E-state index in [1.807, 2.05) is 0 Å². The molecule has 2 unspecified atom stereocenters. The van der Waals surface area contributed by atoms with Gasteiger partial charge in [-0.2, -0.15) is 0 Å². The van der Waals surface area contributed by atoms with E-state index in [1.165, 1.54) is 0 Å². The second-order valence-corrected chi connectivity index (χ2v) is 3.99. The van der Waals surface area contributed by atoms with Gasteiger partial charge in [-0.1, -0.05) is 0 Å². The van der Waals surface area contributed by atoms with Crippen LogP contribution in [-0.2, 0) is 9.59 Å². The topological polar surface area (TPSA) is 78.4 Å². The van der Waals surface area contributed by atoms with Crippen LogP contribution < -0.4 is 10.6 Å². The van der Waals surface area contributed by atoms with E-state index in [0.717, 1.165) is 0 Å². The Hall–Kier alpha value is -1.10. The maximum absolute atomic E-state index is 11.4. The van der Waals surface area contributed by atoms with Crippen LogP contribution in [0, 0.1) is 0 Å². The van der Waals surface area contributed by atoms with Gasteiger partial charge in [0, 0.05) is 25.4 Å². The summed E-state index contributed by atoms with van der Waals surface area (Å²) >= 11 is 0. The molecule has 0 aromatic rings. The van der Waals surface area contributed by atoms with Gasteiger partial charge >= 0.3 is 0 Å². The fourth-order valence-corrected chi connectivity index (χ4v) is 1.50. The van der Waals surface area contributed by atoms with E-state index >= 15 is 0 Å². The second kappa shape index (κ2) is 5.70. The van der Waals surface area contributed by atoms with Gasteiger partial charge in [-0.15, -0.1) is 0 Å². The van der Waals surface area contributed by atoms with Crippen LogP contribution in [0.4, 0.5) is 0 Å². The Morgan fingerprint density at radius 3 is 3.00 bits per heavy atom. The Bertz CT molecular complexity index is 231. The largest absolute Gasteiger partial charge is 0.393 e. The van der Waals surface area contributed by atoms with Gasteiger partial charge in [0.25, 0.3) is 0 Å². The number of aliphatic hydroxyl groups is 1. The summed E-state index contributed by atoms with van der Waals surface area (Å²) in [5.74, 6) is -0.0125. The molecule has 15 heavy (non-hydrogen) atoms. The first-order valence-corrected chi connectivity index (χ1v) is 5.32. The predicted molar refractivity (Wildman–Crippen MR) is 55.1 cm³/mol. The maximum atomic E-state index is 11.4. The molecule has 86 valence electrons. The molecule has 0 aliphatic carbocycles. The van der Waals surface area contributed by atoms with Crippen LogP contribution >= 0.6 is 0 Å². The minimum atomic E-state index is -0.443. The number of amides is 2. The SMILES string of the molecule is CC(O)CCC(=O)NC1CCC(=O)NC1. The Morgan fingerprint density at radius 1 is 1.73 bits per heavy atom. The van der Waals surface area contributed by atoms with Crippen molar-refractivity contribution in [2.75, 3.05) is 6.54 Å². The molecule has 1 saturated heterocycles. The number of hydrogen-bond donors (Lipinski definition) is 3. The van der Waals surface area contributed by atoms with Crippen LogP contribution in [0.3, 0.4) is 0 Å². The minimum absolute atomic E-state index is 0.0456. The van der Waals surface area contributed by atoms with Crippen LogP contribution in [0.1, 0.15) is 32.6 Å². The van der Waals surface area contributed by atoms with E-state index in [2.05, 4.69) is 10.6 Å². The molecule has 0 radical (unpaired) electrons. The summed E-state index contributed by atoms with van der Waals surface area (Å²) in [6.07, 6.45) is 1.54. The van der Waals surface area contributed by atoms with Crippen molar-refractivity contribution in [3.63, 3.8) is 0 Å². The van der Waals surface area contributed by atoms with Crippen molar-refractivity contribution in [2.45, 2.75) is 44.8 Å². The molecule has 0 spiro atoms. The Labute approximate surface area is 89.2 Å². The summed E-state index contributed by atoms with van der Waals surface area (Å²) < 4.78 is 0. The third-order valence-electron chi connectivity index (χ3n) is 2.42. The summed E-state index contributed by atoms with van der Waals surface area (Å²) in [6, 6.07) is 0.0456. The normalized spacial score (nSPS) is 23.1. The van der Waals surface area contributed by atoms with Crippen LogP contribution in [0.25, 0.3) is 0 Å². The zero-order valence-electron chi connectivity index (χ0n) is 8.95.